The average Bonchev–Trinajstić information content (AvgIpc) is 2.88. The molecule has 0 saturated carbocycles. The van der Waals surface area contributed by atoms with Crippen LogP contribution in [0.5, 0.6) is 5.75 Å². The quantitative estimate of drug-likeness (QED) is 0.325. The third kappa shape index (κ3) is 6.70. The Labute approximate surface area is 214 Å². The van der Waals surface area contributed by atoms with E-state index in [0.717, 1.165) is 30.4 Å². The molecule has 1 aliphatic rings. The Morgan fingerprint density at radius 2 is 2.11 bits per heavy atom. The second-order valence-electron chi connectivity index (χ2n) is 9.17. The van der Waals surface area contributed by atoms with E-state index >= 15 is 4.39 Å². The SMILES string of the molecule is COc1ccc2nccc([C@H](F)CC[C@@H]3CCN(CCSc4ncccc4F)C[C@@H]3CC(=O)O)c2c1. The summed E-state index contributed by atoms with van der Waals surface area (Å²) in [6.45, 7) is 2.19. The van der Waals surface area contributed by atoms with Crippen LogP contribution in [0.1, 0.15) is 37.4 Å². The van der Waals surface area contributed by atoms with Gasteiger partial charge in [0.15, 0.2) is 5.82 Å². The maximum Gasteiger partial charge on any atom is 0.303 e. The lowest BCUT2D eigenvalue weighted by atomic mass is 9.79. The minimum atomic E-state index is -1.17. The first-order valence-electron chi connectivity index (χ1n) is 12.2. The Morgan fingerprint density at radius 1 is 1.25 bits per heavy atom. The molecule has 1 saturated heterocycles. The fourth-order valence-corrected chi connectivity index (χ4v) is 5.89. The molecule has 3 heterocycles. The van der Waals surface area contributed by atoms with Crippen LogP contribution in [0.2, 0.25) is 0 Å². The van der Waals surface area contributed by atoms with E-state index in [-0.39, 0.29) is 24.1 Å². The van der Waals surface area contributed by atoms with Gasteiger partial charge in [-0.15, -0.1) is 11.8 Å². The fraction of sp³-hybridized carbons (Fsp3) is 0.444. The summed E-state index contributed by atoms with van der Waals surface area (Å²) in [7, 11) is 1.58. The van der Waals surface area contributed by atoms with Crippen molar-refractivity contribution in [1.29, 1.82) is 0 Å². The molecule has 3 aromatic rings. The van der Waals surface area contributed by atoms with Gasteiger partial charge in [-0.25, -0.2) is 13.8 Å². The highest BCUT2D eigenvalue weighted by atomic mass is 32.2. The lowest BCUT2D eigenvalue weighted by Gasteiger charge is -2.38. The number of halogens is 2. The van der Waals surface area contributed by atoms with Crippen molar-refractivity contribution in [2.75, 3.05) is 32.5 Å². The molecule has 1 fully saturated rings. The summed E-state index contributed by atoms with van der Waals surface area (Å²) in [5.41, 5.74) is 1.31. The molecule has 0 radical (unpaired) electrons. The number of carboxylic acid groups (broad SMARTS) is 1. The number of nitrogens with zero attached hydrogens (tertiary/aromatic N) is 3. The van der Waals surface area contributed by atoms with Crippen LogP contribution in [-0.2, 0) is 4.79 Å². The Hall–Kier alpha value is -2.78. The van der Waals surface area contributed by atoms with Gasteiger partial charge >= 0.3 is 5.97 Å². The molecule has 4 rings (SSSR count). The lowest BCUT2D eigenvalue weighted by molar-refractivity contribution is -0.139. The van der Waals surface area contributed by atoms with Crippen molar-refractivity contribution in [2.45, 2.75) is 36.9 Å². The van der Waals surface area contributed by atoms with E-state index in [4.69, 9.17) is 4.74 Å². The molecule has 0 unspecified atom stereocenters. The van der Waals surface area contributed by atoms with Gasteiger partial charge in [-0.05, 0) is 79.6 Å². The zero-order chi connectivity index (χ0) is 25.5. The largest absolute Gasteiger partial charge is 0.497 e. The van der Waals surface area contributed by atoms with Crippen LogP contribution in [0.25, 0.3) is 10.9 Å². The standard InChI is InChI=1S/C27H31F2N3O3S/c1-35-20-5-7-25-22(16-20)21(8-11-30-25)23(28)6-4-18-9-12-32(17-19(18)15-26(33)34)13-14-36-27-24(29)3-2-10-31-27/h2-3,5,7-8,10-11,16,18-19,23H,4,6,9,12-15,17H2,1H3,(H,33,34)/t18-,19+,23-/m1/s1. The normalized spacial score (nSPS) is 19.3. The van der Waals surface area contributed by atoms with E-state index in [0.29, 0.717) is 41.5 Å². The van der Waals surface area contributed by atoms with Crippen molar-refractivity contribution in [2.24, 2.45) is 11.8 Å². The van der Waals surface area contributed by atoms with E-state index in [2.05, 4.69) is 14.9 Å². The zero-order valence-electron chi connectivity index (χ0n) is 20.3. The second kappa shape index (κ2) is 12.5. The molecule has 3 atom stereocenters. The van der Waals surface area contributed by atoms with Crippen LogP contribution in [-0.4, -0.2) is 58.4 Å². The van der Waals surface area contributed by atoms with Gasteiger partial charge in [0.1, 0.15) is 16.9 Å². The molecule has 2 aromatic heterocycles. The van der Waals surface area contributed by atoms with Crippen molar-refractivity contribution >= 4 is 28.6 Å². The highest BCUT2D eigenvalue weighted by Crippen LogP contribution is 2.36. The predicted octanol–water partition coefficient (Wildman–Crippen LogP) is 5.77. The molecule has 0 bridgehead atoms. The number of hydrogen-bond donors (Lipinski definition) is 1. The van der Waals surface area contributed by atoms with Gasteiger partial charge in [-0.2, -0.15) is 0 Å². The summed E-state index contributed by atoms with van der Waals surface area (Å²) in [5.74, 6) is 0.256. The number of alkyl halides is 1. The van der Waals surface area contributed by atoms with E-state index in [1.807, 2.05) is 18.2 Å². The maximum atomic E-state index is 15.4. The number of fused-ring (bicyclic) bond motifs is 1. The molecule has 1 aliphatic heterocycles. The number of hydrogen-bond acceptors (Lipinski definition) is 6. The molecular weight excluding hydrogens is 484 g/mol. The number of carbonyl (C=O) groups is 1. The van der Waals surface area contributed by atoms with Crippen molar-refractivity contribution in [3.05, 3.63) is 60.2 Å². The minimum absolute atomic E-state index is 0.0469. The van der Waals surface area contributed by atoms with Crippen LogP contribution in [0.15, 0.2) is 53.8 Å². The molecule has 6 nitrogen and oxygen atoms in total. The highest BCUT2D eigenvalue weighted by Gasteiger charge is 2.31. The number of rotatable bonds is 11. The number of thioether (sulfide) groups is 1. The Kier molecular flexibility index (Phi) is 9.09. The number of aliphatic carboxylic acids is 1. The van der Waals surface area contributed by atoms with Crippen molar-refractivity contribution < 1.29 is 23.4 Å². The van der Waals surface area contributed by atoms with Gasteiger partial charge in [0.2, 0.25) is 0 Å². The summed E-state index contributed by atoms with van der Waals surface area (Å²) in [4.78, 5) is 22.2. The summed E-state index contributed by atoms with van der Waals surface area (Å²) in [6, 6.07) is 10.1. The van der Waals surface area contributed by atoms with Crippen molar-refractivity contribution in [3.63, 3.8) is 0 Å². The van der Waals surface area contributed by atoms with Gasteiger partial charge in [-0.1, -0.05) is 0 Å². The molecule has 0 amide bonds. The highest BCUT2D eigenvalue weighted by molar-refractivity contribution is 7.99. The number of likely N-dealkylation sites (tertiary alicyclic amines) is 1. The third-order valence-electron chi connectivity index (χ3n) is 6.89. The number of benzene rings is 1. The van der Waals surface area contributed by atoms with E-state index < -0.39 is 12.1 Å². The molecule has 0 aliphatic carbocycles. The van der Waals surface area contributed by atoms with E-state index in [1.54, 1.807) is 31.6 Å². The molecule has 1 N–H and O–H groups in total. The monoisotopic (exact) mass is 515 g/mol. The van der Waals surface area contributed by atoms with Crippen molar-refractivity contribution in [1.82, 2.24) is 14.9 Å². The van der Waals surface area contributed by atoms with Gasteiger partial charge < -0.3 is 14.7 Å². The van der Waals surface area contributed by atoms with Gasteiger partial charge in [0.05, 0.1) is 12.6 Å². The van der Waals surface area contributed by atoms with Gasteiger partial charge in [0, 0.05) is 43.0 Å². The Morgan fingerprint density at radius 3 is 2.89 bits per heavy atom. The topological polar surface area (TPSA) is 75.5 Å². The smallest absolute Gasteiger partial charge is 0.303 e. The predicted molar refractivity (Wildman–Crippen MR) is 137 cm³/mol. The van der Waals surface area contributed by atoms with Crippen molar-refractivity contribution in [3.8, 4) is 5.75 Å². The maximum absolute atomic E-state index is 15.4. The Balaban J connectivity index is 1.35. The minimum Gasteiger partial charge on any atom is -0.497 e. The molecule has 9 heteroatoms. The van der Waals surface area contributed by atoms with Crippen LogP contribution in [0, 0.1) is 17.7 Å². The first-order valence-corrected chi connectivity index (χ1v) is 13.2. The first-order chi connectivity index (χ1) is 17.4. The molecular formula is C27H31F2N3O3S. The van der Waals surface area contributed by atoms with Gasteiger partial charge in [0.25, 0.3) is 0 Å². The van der Waals surface area contributed by atoms with E-state index in [1.165, 1.54) is 17.8 Å². The summed E-state index contributed by atoms with van der Waals surface area (Å²) in [6.07, 6.45) is 3.85. The van der Waals surface area contributed by atoms with E-state index in [9.17, 15) is 14.3 Å². The summed E-state index contributed by atoms with van der Waals surface area (Å²) >= 11 is 1.36. The van der Waals surface area contributed by atoms with Crippen LogP contribution >= 0.6 is 11.8 Å². The van der Waals surface area contributed by atoms with Crippen LogP contribution in [0.4, 0.5) is 8.78 Å². The lowest BCUT2D eigenvalue weighted by Crippen LogP contribution is -2.42. The molecule has 1 aromatic carbocycles. The second-order valence-corrected chi connectivity index (χ2v) is 10.3. The molecule has 192 valence electrons. The number of piperidine rings is 1. The van der Waals surface area contributed by atoms with Crippen LogP contribution in [0.3, 0.4) is 0 Å². The first kappa shape index (κ1) is 26.3. The fourth-order valence-electron chi connectivity index (χ4n) is 5.01. The average molecular weight is 516 g/mol. The molecule has 36 heavy (non-hydrogen) atoms. The number of aromatic nitrogens is 2. The third-order valence-corrected chi connectivity index (χ3v) is 7.85. The number of methoxy groups -OCH3 is 1. The molecule has 0 spiro atoms. The Bertz CT molecular complexity index is 1180. The van der Waals surface area contributed by atoms with Crippen LogP contribution < -0.4 is 4.74 Å². The summed E-state index contributed by atoms with van der Waals surface area (Å²) in [5, 5.41) is 10.6. The number of pyridine rings is 2. The summed E-state index contributed by atoms with van der Waals surface area (Å²) < 4.78 is 34.6. The zero-order valence-corrected chi connectivity index (χ0v) is 21.1. The number of carboxylic acids is 1. The number of ether oxygens (including phenoxy) is 1. The van der Waals surface area contributed by atoms with Gasteiger partial charge in [-0.3, -0.25) is 9.78 Å².